The number of rotatable bonds is 5. The molecule has 0 bridgehead atoms. The number of nitrogens with zero attached hydrogens (tertiary/aromatic N) is 1. The molecule has 18 heavy (non-hydrogen) atoms. The standard InChI is InChI=1S/C14H19N3S/c1-10-11(2)18-14(17-10)16-9-8-13(15)12-6-4-3-5-7-12/h3-7,13H,8-9,15H2,1-2H3,(H,16,17). The van der Waals surface area contributed by atoms with E-state index in [-0.39, 0.29) is 6.04 Å². The molecule has 1 atom stereocenters. The minimum Gasteiger partial charge on any atom is -0.361 e. The van der Waals surface area contributed by atoms with Gasteiger partial charge in [0.05, 0.1) is 5.69 Å². The van der Waals surface area contributed by atoms with Crippen molar-refractivity contribution in [3.8, 4) is 0 Å². The van der Waals surface area contributed by atoms with Gasteiger partial charge in [-0.05, 0) is 25.8 Å². The summed E-state index contributed by atoms with van der Waals surface area (Å²) in [7, 11) is 0. The molecule has 0 fully saturated rings. The average molecular weight is 261 g/mol. The van der Waals surface area contributed by atoms with Gasteiger partial charge in [0.15, 0.2) is 5.13 Å². The molecule has 0 aliphatic carbocycles. The Morgan fingerprint density at radius 2 is 2.00 bits per heavy atom. The number of hydrogen-bond donors (Lipinski definition) is 2. The van der Waals surface area contributed by atoms with E-state index in [1.807, 2.05) is 25.1 Å². The van der Waals surface area contributed by atoms with Gasteiger partial charge >= 0.3 is 0 Å². The molecule has 0 spiro atoms. The van der Waals surface area contributed by atoms with Crippen LogP contribution in [0.2, 0.25) is 0 Å². The van der Waals surface area contributed by atoms with Crippen LogP contribution in [0, 0.1) is 13.8 Å². The fourth-order valence-electron chi connectivity index (χ4n) is 1.75. The molecule has 3 nitrogen and oxygen atoms in total. The predicted octanol–water partition coefficient (Wildman–Crippen LogP) is 3.26. The first-order valence-electron chi connectivity index (χ1n) is 6.15. The predicted molar refractivity (Wildman–Crippen MR) is 78.1 cm³/mol. The van der Waals surface area contributed by atoms with Crippen LogP contribution in [0.5, 0.6) is 0 Å². The van der Waals surface area contributed by atoms with E-state index in [0.29, 0.717) is 0 Å². The Kier molecular flexibility index (Phi) is 4.33. The summed E-state index contributed by atoms with van der Waals surface area (Å²) >= 11 is 1.70. The van der Waals surface area contributed by atoms with Crippen molar-refractivity contribution in [2.24, 2.45) is 5.73 Å². The molecule has 1 aromatic carbocycles. The summed E-state index contributed by atoms with van der Waals surface area (Å²) in [4.78, 5) is 5.71. The molecule has 3 N–H and O–H groups in total. The van der Waals surface area contributed by atoms with Crippen LogP contribution in [-0.2, 0) is 0 Å². The lowest BCUT2D eigenvalue weighted by atomic mass is 10.1. The van der Waals surface area contributed by atoms with Gasteiger partial charge in [0.1, 0.15) is 0 Å². The van der Waals surface area contributed by atoms with E-state index >= 15 is 0 Å². The van der Waals surface area contributed by atoms with Crippen LogP contribution in [0.3, 0.4) is 0 Å². The summed E-state index contributed by atoms with van der Waals surface area (Å²) in [5.41, 5.74) is 8.43. The Labute approximate surface area is 112 Å². The molecule has 4 heteroatoms. The van der Waals surface area contributed by atoms with Crippen molar-refractivity contribution < 1.29 is 0 Å². The Balaban J connectivity index is 1.82. The fraction of sp³-hybridized carbons (Fsp3) is 0.357. The van der Waals surface area contributed by atoms with E-state index in [2.05, 4.69) is 29.4 Å². The third-order valence-corrected chi connectivity index (χ3v) is 4.02. The number of aromatic nitrogens is 1. The molecular weight excluding hydrogens is 242 g/mol. The van der Waals surface area contributed by atoms with Gasteiger partial charge in [-0.25, -0.2) is 4.98 Å². The lowest BCUT2D eigenvalue weighted by molar-refractivity contribution is 0.675. The van der Waals surface area contributed by atoms with E-state index in [9.17, 15) is 0 Å². The van der Waals surface area contributed by atoms with Gasteiger partial charge in [0.2, 0.25) is 0 Å². The van der Waals surface area contributed by atoms with Crippen LogP contribution >= 0.6 is 11.3 Å². The van der Waals surface area contributed by atoms with Crippen molar-refractivity contribution in [2.75, 3.05) is 11.9 Å². The summed E-state index contributed by atoms with van der Waals surface area (Å²) in [6.45, 7) is 4.98. The number of nitrogens with two attached hydrogens (primary N) is 1. The molecule has 1 aromatic heterocycles. The second-order valence-corrected chi connectivity index (χ2v) is 5.60. The number of anilines is 1. The number of aryl methyl sites for hydroxylation is 2. The van der Waals surface area contributed by atoms with Crippen molar-refractivity contribution in [2.45, 2.75) is 26.3 Å². The summed E-state index contributed by atoms with van der Waals surface area (Å²) in [6.07, 6.45) is 0.904. The summed E-state index contributed by atoms with van der Waals surface area (Å²) in [6, 6.07) is 10.3. The summed E-state index contributed by atoms with van der Waals surface area (Å²) < 4.78 is 0. The molecular formula is C14H19N3S. The highest BCUT2D eigenvalue weighted by molar-refractivity contribution is 7.15. The zero-order chi connectivity index (χ0) is 13.0. The van der Waals surface area contributed by atoms with Crippen LogP contribution < -0.4 is 11.1 Å². The molecule has 0 saturated carbocycles. The van der Waals surface area contributed by atoms with Gasteiger partial charge in [-0.1, -0.05) is 30.3 Å². The molecule has 0 amide bonds. The molecule has 1 unspecified atom stereocenters. The maximum atomic E-state index is 6.14. The average Bonchev–Trinajstić information content (AvgIpc) is 2.69. The van der Waals surface area contributed by atoms with E-state index in [1.54, 1.807) is 11.3 Å². The SMILES string of the molecule is Cc1nc(NCCC(N)c2ccccc2)sc1C. The zero-order valence-electron chi connectivity index (χ0n) is 10.8. The van der Waals surface area contributed by atoms with Crippen molar-refractivity contribution in [3.63, 3.8) is 0 Å². The monoisotopic (exact) mass is 261 g/mol. The number of nitrogens with one attached hydrogen (secondary N) is 1. The lowest BCUT2D eigenvalue weighted by Gasteiger charge is -2.11. The van der Waals surface area contributed by atoms with Crippen LogP contribution in [0.25, 0.3) is 0 Å². The first-order valence-corrected chi connectivity index (χ1v) is 6.97. The molecule has 2 aromatic rings. The Hall–Kier alpha value is -1.39. The van der Waals surface area contributed by atoms with Gasteiger partial charge in [-0.2, -0.15) is 0 Å². The third kappa shape index (κ3) is 3.31. The highest BCUT2D eigenvalue weighted by atomic mass is 32.1. The van der Waals surface area contributed by atoms with Gasteiger partial charge in [-0.15, -0.1) is 11.3 Å². The normalized spacial score (nSPS) is 12.4. The first kappa shape index (κ1) is 13.1. The van der Waals surface area contributed by atoms with Crippen LogP contribution in [0.4, 0.5) is 5.13 Å². The molecule has 1 heterocycles. The van der Waals surface area contributed by atoms with Crippen LogP contribution in [0.15, 0.2) is 30.3 Å². The number of hydrogen-bond acceptors (Lipinski definition) is 4. The van der Waals surface area contributed by atoms with Crippen LogP contribution in [-0.4, -0.2) is 11.5 Å². The molecule has 0 saturated heterocycles. The molecule has 0 aliphatic heterocycles. The van der Waals surface area contributed by atoms with Crippen molar-refractivity contribution in [1.82, 2.24) is 4.98 Å². The van der Waals surface area contributed by atoms with Crippen LogP contribution in [0.1, 0.15) is 28.6 Å². The summed E-state index contributed by atoms with van der Waals surface area (Å²) in [5, 5.41) is 4.33. The van der Waals surface area contributed by atoms with Crippen molar-refractivity contribution in [3.05, 3.63) is 46.5 Å². The maximum Gasteiger partial charge on any atom is 0.183 e. The van der Waals surface area contributed by atoms with Gasteiger partial charge in [0.25, 0.3) is 0 Å². The van der Waals surface area contributed by atoms with Gasteiger partial charge in [-0.3, -0.25) is 0 Å². The minimum atomic E-state index is 0.0841. The molecule has 96 valence electrons. The van der Waals surface area contributed by atoms with E-state index in [0.717, 1.165) is 23.8 Å². The Morgan fingerprint density at radius 1 is 1.28 bits per heavy atom. The number of benzene rings is 1. The topological polar surface area (TPSA) is 50.9 Å². The highest BCUT2D eigenvalue weighted by Gasteiger charge is 2.06. The number of thiazole rings is 1. The van der Waals surface area contributed by atoms with E-state index < -0.39 is 0 Å². The van der Waals surface area contributed by atoms with Gasteiger partial charge in [0, 0.05) is 17.5 Å². The summed E-state index contributed by atoms with van der Waals surface area (Å²) in [5.74, 6) is 0. The van der Waals surface area contributed by atoms with Gasteiger partial charge < -0.3 is 11.1 Å². The second-order valence-electron chi connectivity index (χ2n) is 4.39. The second kappa shape index (κ2) is 5.98. The molecule has 2 rings (SSSR count). The zero-order valence-corrected chi connectivity index (χ0v) is 11.6. The van der Waals surface area contributed by atoms with E-state index in [4.69, 9.17) is 5.73 Å². The third-order valence-electron chi connectivity index (χ3n) is 2.99. The fourth-order valence-corrected chi connectivity index (χ4v) is 2.59. The first-order chi connectivity index (χ1) is 8.66. The highest BCUT2D eigenvalue weighted by Crippen LogP contribution is 2.21. The molecule has 0 radical (unpaired) electrons. The minimum absolute atomic E-state index is 0.0841. The quantitative estimate of drug-likeness (QED) is 0.868. The van der Waals surface area contributed by atoms with E-state index in [1.165, 1.54) is 10.4 Å². The van der Waals surface area contributed by atoms with Crippen molar-refractivity contribution >= 4 is 16.5 Å². The maximum absolute atomic E-state index is 6.14. The Bertz CT molecular complexity index is 473. The van der Waals surface area contributed by atoms with Crippen molar-refractivity contribution in [1.29, 1.82) is 0 Å². The molecule has 0 aliphatic rings. The smallest absolute Gasteiger partial charge is 0.183 e. The Morgan fingerprint density at radius 3 is 2.61 bits per heavy atom. The largest absolute Gasteiger partial charge is 0.361 e. The lowest BCUT2D eigenvalue weighted by Crippen LogP contribution is -2.15.